The van der Waals surface area contributed by atoms with E-state index in [0.717, 1.165) is 13.1 Å². The summed E-state index contributed by atoms with van der Waals surface area (Å²) in [6.07, 6.45) is 0. The number of hydrogen-bond acceptors (Lipinski definition) is 3. The number of nitrogens with zero attached hydrogens (tertiary/aromatic N) is 2. The SMILES string of the molecule is CC(c1ccccc1)C(C#N)NCCN(C)C. The summed E-state index contributed by atoms with van der Waals surface area (Å²) >= 11 is 0. The Bertz CT molecular complexity index is 353. The highest BCUT2D eigenvalue weighted by atomic mass is 15.1. The Morgan fingerprint density at radius 1 is 1.29 bits per heavy atom. The second kappa shape index (κ2) is 7.05. The first-order valence-corrected chi connectivity index (χ1v) is 5.98. The smallest absolute Gasteiger partial charge is 0.102 e. The van der Waals surface area contributed by atoms with E-state index in [9.17, 15) is 5.26 Å². The van der Waals surface area contributed by atoms with Crippen molar-refractivity contribution in [1.82, 2.24) is 10.2 Å². The van der Waals surface area contributed by atoms with Gasteiger partial charge in [-0.3, -0.25) is 0 Å². The molecule has 1 N–H and O–H groups in total. The molecule has 92 valence electrons. The Hall–Kier alpha value is -1.37. The summed E-state index contributed by atoms with van der Waals surface area (Å²) in [5.74, 6) is 0.211. The van der Waals surface area contributed by atoms with Crippen LogP contribution in [0.5, 0.6) is 0 Å². The predicted octanol–water partition coefficient (Wildman–Crippen LogP) is 1.83. The van der Waals surface area contributed by atoms with E-state index in [4.69, 9.17) is 0 Å². The first-order valence-electron chi connectivity index (χ1n) is 5.98. The zero-order chi connectivity index (χ0) is 12.7. The number of likely N-dealkylation sites (N-methyl/N-ethyl adjacent to an activating group) is 1. The van der Waals surface area contributed by atoms with E-state index in [1.54, 1.807) is 0 Å². The zero-order valence-electron chi connectivity index (χ0n) is 10.9. The molecule has 3 heteroatoms. The first-order chi connectivity index (χ1) is 8.15. The molecule has 0 spiro atoms. The Balaban J connectivity index is 2.53. The summed E-state index contributed by atoms with van der Waals surface area (Å²) in [5, 5.41) is 12.5. The normalized spacial score (nSPS) is 14.3. The molecule has 0 radical (unpaired) electrons. The van der Waals surface area contributed by atoms with Gasteiger partial charge in [0, 0.05) is 19.0 Å². The van der Waals surface area contributed by atoms with Gasteiger partial charge in [0.25, 0.3) is 0 Å². The fourth-order valence-electron chi connectivity index (χ4n) is 1.73. The average molecular weight is 231 g/mol. The average Bonchev–Trinajstić information content (AvgIpc) is 2.34. The second-order valence-electron chi connectivity index (χ2n) is 4.56. The van der Waals surface area contributed by atoms with Gasteiger partial charge in [-0.05, 0) is 19.7 Å². The van der Waals surface area contributed by atoms with Crippen LogP contribution in [0.4, 0.5) is 0 Å². The van der Waals surface area contributed by atoms with Gasteiger partial charge >= 0.3 is 0 Å². The highest BCUT2D eigenvalue weighted by molar-refractivity contribution is 5.22. The molecule has 1 aromatic carbocycles. The van der Waals surface area contributed by atoms with E-state index in [0.29, 0.717) is 0 Å². The minimum Gasteiger partial charge on any atom is -0.308 e. The third kappa shape index (κ3) is 4.56. The standard InChI is InChI=1S/C14H21N3/c1-12(13-7-5-4-6-8-13)14(11-15)16-9-10-17(2)3/h4-8,12,14,16H,9-10H2,1-3H3. The van der Waals surface area contributed by atoms with E-state index in [-0.39, 0.29) is 12.0 Å². The van der Waals surface area contributed by atoms with Crippen molar-refractivity contribution in [3.63, 3.8) is 0 Å². The maximum Gasteiger partial charge on any atom is 0.102 e. The van der Waals surface area contributed by atoms with E-state index < -0.39 is 0 Å². The van der Waals surface area contributed by atoms with Gasteiger partial charge in [0.15, 0.2) is 0 Å². The lowest BCUT2D eigenvalue weighted by Crippen LogP contribution is -2.37. The molecule has 0 aromatic heterocycles. The molecule has 0 saturated heterocycles. The molecule has 3 nitrogen and oxygen atoms in total. The third-order valence-corrected chi connectivity index (χ3v) is 2.89. The molecule has 2 unspecified atom stereocenters. The van der Waals surface area contributed by atoms with Crippen LogP contribution < -0.4 is 5.32 Å². The molecule has 0 aliphatic carbocycles. The van der Waals surface area contributed by atoms with Gasteiger partial charge in [-0.25, -0.2) is 0 Å². The molecule has 1 aromatic rings. The molecule has 0 saturated carbocycles. The third-order valence-electron chi connectivity index (χ3n) is 2.89. The maximum absolute atomic E-state index is 9.20. The van der Waals surface area contributed by atoms with Crippen LogP contribution in [0.25, 0.3) is 0 Å². The van der Waals surface area contributed by atoms with Crippen molar-refractivity contribution in [2.45, 2.75) is 18.9 Å². The predicted molar refractivity (Wildman–Crippen MR) is 70.8 cm³/mol. The number of nitrogens with one attached hydrogen (secondary N) is 1. The second-order valence-corrected chi connectivity index (χ2v) is 4.56. The van der Waals surface area contributed by atoms with Crippen molar-refractivity contribution in [3.05, 3.63) is 35.9 Å². The van der Waals surface area contributed by atoms with E-state index in [1.807, 2.05) is 32.3 Å². The summed E-state index contributed by atoms with van der Waals surface area (Å²) < 4.78 is 0. The molecule has 17 heavy (non-hydrogen) atoms. The minimum atomic E-state index is -0.127. The molecular formula is C14H21N3. The van der Waals surface area contributed by atoms with Crippen LogP contribution in [-0.4, -0.2) is 38.1 Å². The van der Waals surface area contributed by atoms with E-state index in [1.165, 1.54) is 5.56 Å². The number of nitriles is 1. The Kier molecular flexibility index (Phi) is 5.68. The molecule has 0 aliphatic heterocycles. The molecule has 1 rings (SSSR count). The summed E-state index contributed by atoms with van der Waals surface area (Å²) in [6, 6.07) is 12.4. The van der Waals surface area contributed by atoms with E-state index >= 15 is 0 Å². The van der Waals surface area contributed by atoms with Crippen LogP contribution in [0, 0.1) is 11.3 Å². The first kappa shape index (κ1) is 13.7. The fraction of sp³-hybridized carbons (Fsp3) is 0.500. The van der Waals surface area contributed by atoms with Crippen molar-refractivity contribution in [2.24, 2.45) is 0 Å². The van der Waals surface area contributed by atoms with Crippen molar-refractivity contribution in [3.8, 4) is 6.07 Å². The molecule has 0 fully saturated rings. The van der Waals surface area contributed by atoms with Crippen molar-refractivity contribution in [1.29, 1.82) is 5.26 Å². The van der Waals surface area contributed by atoms with Crippen LogP contribution >= 0.6 is 0 Å². The van der Waals surface area contributed by atoms with Gasteiger partial charge in [0.05, 0.1) is 6.07 Å². The number of hydrogen-bond donors (Lipinski definition) is 1. The molecule has 2 atom stereocenters. The fourth-order valence-corrected chi connectivity index (χ4v) is 1.73. The van der Waals surface area contributed by atoms with Gasteiger partial charge in [-0.15, -0.1) is 0 Å². The Morgan fingerprint density at radius 2 is 1.94 bits per heavy atom. The number of rotatable bonds is 6. The summed E-state index contributed by atoms with van der Waals surface area (Å²) in [5.41, 5.74) is 1.21. The van der Waals surface area contributed by atoms with Crippen molar-refractivity contribution < 1.29 is 0 Å². The topological polar surface area (TPSA) is 39.1 Å². The molecule has 0 amide bonds. The monoisotopic (exact) mass is 231 g/mol. The zero-order valence-corrected chi connectivity index (χ0v) is 10.9. The van der Waals surface area contributed by atoms with Gasteiger partial charge in [0.1, 0.15) is 6.04 Å². The maximum atomic E-state index is 9.20. The molecule has 0 bridgehead atoms. The van der Waals surface area contributed by atoms with Gasteiger partial charge in [-0.1, -0.05) is 37.3 Å². The summed E-state index contributed by atoms with van der Waals surface area (Å²) in [6.45, 7) is 3.87. The Labute approximate surface area is 104 Å². The summed E-state index contributed by atoms with van der Waals surface area (Å²) in [7, 11) is 4.06. The van der Waals surface area contributed by atoms with Crippen LogP contribution in [0.2, 0.25) is 0 Å². The van der Waals surface area contributed by atoms with E-state index in [2.05, 4.69) is 35.3 Å². The quantitative estimate of drug-likeness (QED) is 0.812. The lowest BCUT2D eigenvalue weighted by atomic mass is 9.94. The molecule has 0 aliphatic rings. The lowest BCUT2D eigenvalue weighted by molar-refractivity contribution is 0.387. The highest BCUT2D eigenvalue weighted by Gasteiger charge is 2.17. The largest absolute Gasteiger partial charge is 0.308 e. The lowest BCUT2D eigenvalue weighted by Gasteiger charge is -2.20. The van der Waals surface area contributed by atoms with Crippen LogP contribution in [0.15, 0.2) is 30.3 Å². The van der Waals surface area contributed by atoms with Gasteiger partial charge < -0.3 is 10.2 Å². The van der Waals surface area contributed by atoms with Crippen molar-refractivity contribution in [2.75, 3.05) is 27.2 Å². The van der Waals surface area contributed by atoms with Crippen LogP contribution in [-0.2, 0) is 0 Å². The number of benzene rings is 1. The van der Waals surface area contributed by atoms with Crippen molar-refractivity contribution >= 4 is 0 Å². The van der Waals surface area contributed by atoms with Gasteiger partial charge in [0.2, 0.25) is 0 Å². The summed E-state index contributed by atoms with van der Waals surface area (Å²) in [4.78, 5) is 2.11. The molecular weight excluding hydrogens is 210 g/mol. The molecule has 0 heterocycles. The Morgan fingerprint density at radius 3 is 2.47 bits per heavy atom. The minimum absolute atomic E-state index is 0.127. The highest BCUT2D eigenvalue weighted by Crippen LogP contribution is 2.18. The van der Waals surface area contributed by atoms with Crippen LogP contribution in [0.3, 0.4) is 0 Å². The van der Waals surface area contributed by atoms with Gasteiger partial charge in [-0.2, -0.15) is 5.26 Å². The van der Waals surface area contributed by atoms with Crippen LogP contribution in [0.1, 0.15) is 18.4 Å².